The van der Waals surface area contributed by atoms with Crippen molar-refractivity contribution in [2.75, 3.05) is 6.26 Å². The smallest absolute Gasteiger partial charge is 0.176 e. The average Bonchev–Trinajstić information content (AvgIpc) is 2.57. The molecule has 6 heteroatoms. The molecule has 1 N–H and O–H groups in total. The molecule has 0 radical (unpaired) electrons. The molecule has 0 aromatic heterocycles. The summed E-state index contributed by atoms with van der Waals surface area (Å²) in [6, 6.07) is 2.90. The highest BCUT2D eigenvalue weighted by Crippen LogP contribution is 2.38. The van der Waals surface area contributed by atoms with Gasteiger partial charge >= 0.3 is 0 Å². The molecule has 0 atom stereocenters. The minimum absolute atomic E-state index is 0.159. The Morgan fingerprint density at radius 1 is 1.11 bits per heavy atom. The Kier molecular flexibility index (Phi) is 5.77. The summed E-state index contributed by atoms with van der Waals surface area (Å²) in [5.74, 6) is -1.13. The molecular weight excluding hydrogens is 376 g/mol. The first-order valence-corrected chi connectivity index (χ1v) is 11.1. The predicted molar refractivity (Wildman–Crippen MR) is 111 cm³/mol. The van der Waals surface area contributed by atoms with Gasteiger partial charge in [-0.3, -0.25) is 9.59 Å². The van der Waals surface area contributed by atoms with Gasteiger partial charge in [0.25, 0.3) is 0 Å². The second-order valence-electron chi connectivity index (χ2n) is 8.37. The third kappa shape index (κ3) is 3.83. The quantitative estimate of drug-likeness (QED) is 0.457. The molecule has 0 spiro atoms. The number of carbonyl (C=O) groups excluding carboxylic acids is 2. The Morgan fingerprint density at radius 2 is 1.68 bits per heavy atom. The number of sulfone groups is 1. The summed E-state index contributed by atoms with van der Waals surface area (Å²) in [6.07, 6.45) is 1.77. The van der Waals surface area contributed by atoms with Crippen molar-refractivity contribution in [3.8, 4) is 0 Å². The zero-order chi connectivity index (χ0) is 21.6. The van der Waals surface area contributed by atoms with Gasteiger partial charge in [0.15, 0.2) is 21.4 Å². The van der Waals surface area contributed by atoms with Gasteiger partial charge in [0.05, 0.1) is 4.90 Å². The molecule has 1 aliphatic rings. The molecule has 0 amide bonds. The first kappa shape index (κ1) is 22.1. The number of benzene rings is 1. The Balaban J connectivity index is 2.88. The Bertz CT molecular complexity index is 1030. The van der Waals surface area contributed by atoms with Gasteiger partial charge in [-0.2, -0.15) is 0 Å². The fourth-order valence-electron chi connectivity index (χ4n) is 3.47. The third-order valence-corrected chi connectivity index (χ3v) is 6.68. The lowest BCUT2D eigenvalue weighted by atomic mass is 9.72. The molecule has 28 heavy (non-hydrogen) atoms. The molecule has 0 saturated heterocycles. The Hall–Kier alpha value is -2.21. The second-order valence-corrected chi connectivity index (χ2v) is 10.4. The maximum atomic E-state index is 12.8. The van der Waals surface area contributed by atoms with E-state index in [0.717, 1.165) is 17.4 Å². The first-order chi connectivity index (χ1) is 12.7. The highest BCUT2D eigenvalue weighted by molar-refractivity contribution is 7.90. The number of rotatable bonds is 3. The lowest BCUT2D eigenvalue weighted by Gasteiger charge is -2.29. The maximum Gasteiger partial charge on any atom is 0.176 e. The van der Waals surface area contributed by atoms with E-state index in [4.69, 9.17) is 0 Å². The fraction of sp³-hybridized carbons (Fsp3) is 0.455. The molecule has 1 saturated carbocycles. The van der Waals surface area contributed by atoms with Crippen molar-refractivity contribution in [3.05, 3.63) is 40.0 Å². The van der Waals surface area contributed by atoms with Gasteiger partial charge < -0.3 is 5.11 Å². The van der Waals surface area contributed by atoms with Gasteiger partial charge in [0.1, 0.15) is 11.3 Å². The molecule has 0 heterocycles. The first-order valence-electron chi connectivity index (χ1n) is 9.20. The summed E-state index contributed by atoms with van der Waals surface area (Å²) >= 11 is 0. The largest absolute Gasteiger partial charge is 0.506 e. The summed E-state index contributed by atoms with van der Waals surface area (Å²) in [7, 11) is -3.51. The molecule has 1 aromatic carbocycles. The molecule has 0 bridgehead atoms. The average molecular weight is 405 g/mol. The molecule has 1 fully saturated rings. The van der Waals surface area contributed by atoms with E-state index in [-0.39, 0.29) is 34.2 Å². The van der Waals surface area contributed by atoms with Crippen molar-refractivity contribution in [3.63, 3.8) is 0 Å². The molecule has 1 aliphatic carbocycles. The van der Waals surface area contributed by atoms with Crippen molar-refractivity contribution >= 4 is 32.7 Å². The molecule has 2 rings (SSSR count). The van der Waals surface area contributed by atoms with Gasteiger partial charge in [-0.25, -0.2) is 8.42 Å². The monoisotopic (exact) mass is 404 g/mol. The molecule has 0 unspecified atom stereocenters. The van der Waals surface area contributed by atoms with Crippen LogP contribution in [0.25, 0.3) is 11.3 Å². The van der Waals surface area contributed by atoms with Crippen molar-refractivity contribution in [2.24, 2.45) is 5.41 Å². The van der Waals surface area contributed by atoms with Crippen LogP contribution in [0.4, 0.5) is 0 Å². The summed E-state index contributed by atoms with van der Waals surface area (Å²) in [6.45, 7) is 10.8. The van der Waals surface area contributed by atoms with Gasteiger partial charge in [-0.15, -0.1) is 0 Å². The van der Waals surface area contributed by atoms with Crippen molar-refractivity contribution < 1.29 is 23.1 Å². The normalized spacial score (nSPS) is 18.8. The van der Waals surface area contributed by atoms with E-state index >= 15 is 0 Å². The number of hydrogen-bond donors (Lipinski definition) is 1. The van der Waals surface area contributed by atoms with Crippen LogP contribution in [0.5, 0.6) is 0 Å². The maximum absolute atomic E-state index is 12.8. The summed E-state index contributed by atoms with van der Waals surface area (Å²) in [4.78, 5) is 25.4. The predicted octanol–water partition coefficient (Wildman–Crippen LogP) is 4.44. The van der Waals surface area contributed by atoms with Crippen LogP contribution in [0.3, 0.4) is 0 Å². The molecule has 5 nitrogen and oxygen atoms in total. The highest BCUT2D eigenvalue weighted by atomic mass is 32.2. The minimum atomic E-state index is -3.51. The van der Waals surface area contributed by atoms with E-state index in [1.165, 1.54) is 12.1 Å². The van der Waals surface area contributed by atoms with E-state index in [2.05, 4.69) is 0 Å². The lowest BCUT2D eigenvalue weighted by molar-refractivity contribution is -0.130. The van der Waals surface area contributed by atoms with Crippen molar-refractivity contribution in [2.45, 2.75) is 59.3 Å². The second kappa shape index (κ2) is 7.32. The van der Waals surface area contributed by atoms with Crippen LogP contribution in [-0.4, -0.2) is 31.3 Å². The summed E-state index contributed by atoms with van der Waals surface area (Å²) in [5, 5.41) is 10.9. The van der Waals surface area contributed by atoms with Gasteiger partial charge in [-0.05, 0) is 62.9 Å². The lowest BCUT2D eigenvalue weighted by Crippen LogP contribution is -2.35. The van der Waals surface area contributed by atoms with Gasteiger partial charge in [0.2, 0.25) is 0 Å². The number of Topliss-reactive ketones (excluding diaryl/α,β-unsaturated/α-hetero) is 2. The van der Waals surface area contributed by atoms with Crippen LogP contribution >= 0.6 is 0 Å². The third-order valence-electron chi connectivity index (χ3n) is 5.54. The standard InChI is InChI=1S/C22H28O5S/c1-12(2)13(3)18-14(4)15(8-9-17(18)28(7,26)27)20(24)19-16(23)10-11-22(5,6)21(19)25/h8-9,24H,10-11H2,1-7H3/b20-19+. The fourth-order valence-corrected chi connectivity index (χ4v) is 4.46. The Labute approximate surface area is 167 Å². The topological polar surface area (TPSA) is 88.5 Å². The number of carbonyl (C=O) groups is 2. The van der Waals surface area contributed by atoms with Crippen LogP contribution < -0.4 is 0 Å². The van der Waals surface area contributed by atoms with E-state index < -0.39 is 15.3 Å². The van der Waals surface area contributed by atoms with Gasteiger partial charge in [-0.1, -0.05) is 19.4 Å². The van der Waals surface area contributed by atoms with Crippen molar-refractivity contribution in [1.29, 1.82) is 0 Å². The van der Waals surface area contributed by atoms with Gasteiger partial charge in [0, 0.05) is 23.7 Å². The summed E-state index contributed by atoms with van der Waals surface area (Å²) < 4.78 is 24.6. The molecule has 0 aliphatic heterocycles. The van der Waals surface area contributed by atoms with E-state index in [1.54, 1.807) is 20.8 Å². The zero-order valence-electron chi connectivity index (χ0n) is 17.6. The van der Waals surface area contributed by atoms with Crippen LogP contribution in [0.1, 0.15) is 64.2 Å². The number of hydrogen-bond acceptors (Lipinski definition) is 5. The Morgan fingerprint density at radius 3 is 2.18 bits per heavy atom. The van der Waals surface area contributed by atoms with Crippen LogP contribution in [0.2, 0.25) is 0 Å². The number of ketones is 2. The van der Waals surface area contributed by atoms with E-state index in [9.17, 15) is 23.1 Å². The minimum Gasteiger partial charge on any atom is -0.506 e. The van der Waals surface area contributed by atoms with Crippen LogP contribution in [-0.2, 0) is 19.4 Å². The van der Waals surface area contributed by atoms with E-state index in [0.29, 0.717) is 23.1 Å². The van der Waals surface area contributed by atoms with E-state index in [1.807, 2.05) is 20.8 Å². The number of aliphatic hydroxyl groups excluding tert-OH is 1. The highest BCUT2D eigenvalue weighted by Gasteiger charge is 2.40. The SMILES string of the molecule is CC(C)=C(C)c1c(S(C)(=O)=O)ccc(/C(O)=C2/C(=O)CCC(C)(C)C2=O)c1C. The van der Waals surface area contributed by atoms with Crippen molar-refractivity contribution in [1.82, 2.24) is 0 Å². The molecule has 1 aromatic rings. The molecule has 152 valence electrons. The van der Waals surface area contributed by atoms with Crippen LogP contribution in [0, 0.1) is 12.3 Å². The number of allylic oxidation sites excluding steroid dienone is 3. The molecular formula is C22H28O5S. The number of aliphatic hydroxyl groups is 1. The van der Waals surface area contributed by atoms with Crippen LogP contribution in [0.15, 0.2) is 28.2 Å². The summed E-state index contributed by atoms with van der Waals surface area (Å²) in [5.41, 5.74) is 2.13. The zero-order valence-corrected chi connectivity index (χ0v) is 18.4.